The molecule has 0 saturated carbocycles. The van der Waals surface area contributed by atoms with Crippen molar-refractivity contribution >= 4 is 6.09 Å². The first kappa shape index (κ1) is 13.0. The van der Waals surface area contributed by atoms with Crippen LogP contribution in [0.4, 0.5) is 4.79 Å². The van der Waals surface area contributed by atoms with Gasteiger partial charge in [0.25, 0.3) is 0 Å². The summed E-state index contributed by atoms with van der Waals surface area (Å²) in [5, 5.41) is 9.10. The summed E-state index contributed by atoms with van der Waals surface area (Å²) in [5.74, 6) is 0.179. The minimum atomic E-state index is -0.466. The lowest BCUT2D eigenvalue weighted by atomic mass is 9.95. The third-order valence-electron chi connectivity index (χ3n) is 2.57. The van der Waals surface area contributed by atoms with Crippen molar-refractivity contribution in [3.8, 4) is 0 Å². The van der Waals surface area contributed by atoms with Crippen LogP contribution in [0.1, 0.15) is 34.1 Å². The standard InChI is InChI=1S/C12H21NO3/c1-9-7-13(6-5-10(9)8-14)11(15)16-12(2,3)4/h7,10,14H,5-6,8H2,1-4H3. The Kier molecular flexibility index (Phi) is 3.97. The number of rotatable bonds is 1. The van der Waals surface area contributed by atoms with Gasteiger partial charge in [0.05, 0.1) is 0 Å². The lowest BCUT2D eigenvalue weighted by Gasteiger charge is -2.30. The summed E-state index contributed by atoms with van der Waals surface area (Å²) in [4.78, 5) is 13.3. The van der Waals surface area contributed by atoms with Gasteiger partial charge in [0.2, 0.25) is 0 Å². The van der Waals surface area contributed by atoms with E-state index in [0.717, 1.165) is 12.0 Å². The van der Waals surface area contributed by atoms with Gasteiger partial charge in [-0.25, -0.2) is 4.79 Å². The van der Waals surface area contributed by atoms with Crippen LogP contribution in [0.2, 0.25) is 0 Å². The summed E-state index contributed by atoms with van der Waals surface area (Å²) >= 11 is 0. The van der Waals surface area contributed by atoms with Gasteiger partial charge in [0.1, 0.15) is 5.60 Å². The molecule has 0 spiro atoms. The molecular weight excluding hydrogens is 206 g/mol. The first-order chi connectivity index (χ1) is 7.33. The molecule has 1 atom stereocenters. The highest BCUT2D eigenvalue weighted by atomic mass is 16.6. The zero-order valence-corrected chi connectivity index (χ0v) is 10.5. The van der Waals surface area contributed by atoms with Gasteiger partial charge in [0, 0.05) is 25.3 Å². The first-order valence-electron chi connectivity index (χ1n) is 5.62. The van der Waals surface area contributed by atoms with Crippen LogP contribution in [0, 0.1) is 5.92 Å². The highest BCUT2D eigenvalue weighted by molar-refractivity contribution is 5.69. The van der Waals surface area contributed by atoms with E-state index in [2.05, 4.69) is 0 Å². The molecule has 4 nitrogen and oxygen atoms in total. The third-order valence-corrected chi connectivity index (χ3v) is 2.57. The summed E-state index contributed by atoms with van der Waals surface area (Å²) in [6, 6.07) is 0. The van der Waals surface area contributed by atoms with E-state index in [0.29, 0.717) is 6.54 Å². The predicted molar refractivity (Wildman–Crippen MR) is 61.9 cm³/mol. The molecule has 1 rings (SSSR count). The molecule has 1 aliphatic rings. The number of hydrogen-bond donors (Lipinski definition) is 1. The van der Waals surface area contributed by atoms with Gasteiger partial charge >= 0.3 is 6.09 Å². The molecule has 4 heteroatoms. The van der Waals surface area contributed by atoms with Crippen LogP contribution in [0.25, 0.3) is 0 Å². The number of aliphatic hydroxyl groups excluding tert-OH is 1. The normalized spacial score (nSPS) is 21.7. The maximum Gasteiger partial charge on any atom is 0.414 e. The van der Waals surface area contributed by atoms with Gasteiger partial charge in [-0.3, -0.25) is 4.90 Å². The highest BCUT2D eigenvalue weighted by Gasteiger charge is 2.25. The van der Waals surface area contributed by atoms with Crippen molar-refractivity contribution in [3.05, 3.63) is 11.8 Å². The molecule has 0 aromatic carbocycles. The number of amides is 1. The highest BCUT2D eigenvalue weighted by Crippen LogP contribution is 2.22. The number of ether oxygens (including phenoxy) is 1. The summed E-state index contributed by atoms with van der Waals surface area (Å²) in [6.45, 7) is 8.23. The van der Waals surface area contributed by atoms with E-state index in [9.17, 15) is 4.79 Å². The van der Waals surface area contributed by atoms with Crippen molar-refractivity contribution in [2.24, 2.45) is 5.92 Å². The summed E-state index contributed by atoms with van der Waals surface area (Å²) in [7, 11) is 0. The first-order valence-corrected chi connectivity index (χ1v) is 5.62. The van der Waals surface area contributed by atoms with E-state index < -0.39 is 5.60 Å². The second-order valence-electron chi connectivity index (χ2n) is 5.22. The van der Waals surface area contributed by atoms with Crippen molar-refractivity contribution in [2.75, 3.05) is 13.2 Å². The second-order valence-corrected chi connectivity index (χ2v) is 5.22. The molecule has 0 aliphatic carbocycles. The van der Waals surface area contributed by atoms with Crippen molar-refractivity contribution < 1.29 is 14.6 Å². The molecular formula is C12H21NO3. The Morgan fingerprint density at radius 3 is 2.69 bits per heavy atom. The lowest BCUT2D eigenvalue weighted by Crippen LogP contribution is -2.37. The predicted octanol–water partition coefficient (Wildman–Crippen LogP) is 2.14. The maximum atomic E-state index is 11.8. The molecule has 0 radical (unpaired) electrons. The smallest absolute Gasteiger partial charge is 0.414 e. The second kappa shape index (κ2) is 4.87. The summed E-state index contributed by atoms with van der Waals surface area (Å²) in [6.07, 6.45) is 2.25. The quantitative estimate of drug-likeness (QED) is 0.746. The Hall–Kier alpha value is -1.03. The van der Waals surface area contributed by atoms with Crippen molar-refractivity contribution in [1.29, 1.82) is 0 Å². The van der Waals surface area contributed by atoms with Crippen LogP contribution in [0.5, 0.6) is 0 Å². The topological polar surface area (TPSA) is 49.8 Å². The van der Waals surface area contributed by atoms with Crippen LogP contribution in [0.3, 0.4) is 0 Å². The summed E-state index contributed by atoms with van der Waals surface area (Å²) in [5.41, 5.74) is 0.562. The Morgan fingerprint density at radius 1 is 1.62 bits per heavy atom. The van der Waals surface area contributed by atoms with Crippen molar-refractivity contribution in [3.63, 3.8) is 0 Å². The molecule has 1 N–H and O–H groups in total. The van der Waals surface area contributed by atoms with E-state index in [1.807, 2.05) is 27.7 Å². The number of hydrogen-bond acceptors (Lipinski definition) is 3. The Bertz CT molecular complexity index is 291. The van der Waals surface area contributed by atoms with E-state index in [4.69, 9.17) is 9.84 Å². The zero-order chi connectivity index (χ0) is 12.3. The molecule has 92 valence electrons. The molecule has 0 fully saturated rings. The Balaban J connectivity index is 2.63. The van der Waals surface area contributed by atoms with Gasteiger partial charge < -0.3 is 9.84 Å². The van der Waals surface area contributed by atoms with Crippen LogP contribution in [-0.2, 0) is 4.74 Å². The SMILES string of the molecule is CC1=CN(C(=O)OC(C)(C)C)CCC1CO. The van der Waals surface area contributed by atoms with Gasteiger partial charge in [0.15, 0.2) is 0 Å². The fourth-order valence-corrected chi connectivity index (χ4v) is 1.64. The molecule has 0 bridgehead atoms. The van der Waals surface area contributed by atoms with Crippen LogP contribution >= 0.6 is 0 Å². The molecule has 1 aliphatic heterocycles. The number of carbonyl (C=O) groups is 1. The fraction of sp³-hybridized carbons (Fsp3) is 0.750. The van der Waals surface area contributed by atoms with Crippen LogP contribution in [0.15, 0.2) is 11.8 Å². The van der Waals surface area contributed by atoms with Gasteiger partial charge in [-0.2, -0.15) is 0 Å². The number of nitrogens with zero attached hydrogens (tertiary/aromatic N) is 1. The largest absolute Gasteiger partial charge is 0.443 e. The van der Waals surface area contributed by atoms with Gasteiger partial charge in [-0.05, 0) is 34.1 Å². The fourth-order valence-electron chi connectivity index (χ4n) is 1.64. The van der Waals surface area contributed by atoms with E-state index in [1.165, 1.54) is 0 Å². The molecule has 1 unspecified atom stereocenters. The van der Waals surface area contributed by atoms with Gasteiger partial charge in [-0.1, -0.05) is 5.57 Å². The third kappa shape index (κ3) is 3.52. The minimum absolute atomic E-state index is 0.143. The van der Waals surface area contributed by atoms with Crippen molar-refractivity contribution in [1.82, 2.24) is 4.90 Å². The molecule has 1 amide bonds. The van der Waals surface area contributed by atoms with Crippen LogP contribution < -0.4 is 0 Å². The van der Waals surface area contributed by atoms with E-state index in [-0.39, 0.29) is 18.6 Å². The number of carbonyl (C=O) groups excluding carboxylic acids is 1. The van der Waals surface area contributed by atoms with Gasteiger partial charge in [-0.15, -0.1) is 0 Å². The number of aliphatic hydroxyl groups is 1. The molecule has 0 saturated heterocycles. The minimum Gasteiger partial charge on any atom is -0.443 e. The zero-order valence-electron chi connectivity index (χ0n) is 10.5. The average molecular weight is 227 g/mol. The monoisotopic (exact) mass is 227 g/mol. The molecule has 0 aromatic heterocycles. The molecule has 0 aromatic rings. The molecule has 16 heavy (non-hydrogen) atoms. The van der Waals surface area contributed by atoms with Crippen LogP contribution in [-0.4, -0.2) is 34.9 Å². The summed E-state index contributed by atoms with van der Waals surface area (Å²) < 4.78 is 5.27. The molecule has 1 heterocycles. The average Bonchev–Trinajstić information content (AvgIpc) is 2.15. The Labute approximate surface area is 96.9 Å². The van der Waals surface area contributed by atoms with E-state index in [1.54, 1.807) is 11.1 Å². The van der Waals surface area contributed by atoms with E-state index >= 15 is 0 Å². The maximum absolute atomic E-state index is 11.8. The Morgan fingerprint density at radius 2 is 2.25 bits per heavy atom. The lowest BCUT2D eigenvalue weighted by molar-refractivity contribution is 0.0308. The van der Waals surface area contributed by atoms with Crippen molar-refractivity contribution in [2.45, 2.75) is 39.7 Å².